The topological polar surface area (TPSA) is 83.2 Å². The number of para-hydroxylation sites is 1. The number of aromatic amines is 1. The number of fused-ring (bicyclic) bond motifs is 1. The van der Waals surface area contributed by atoms with Gasteiger partial charge in [-0.3, -0.25) is 9.59 Å². The minimum absolute atomic E-state index is 0.151. The van der Waals surface area contributed by atoms with E-state index in [0.29, 0.717) is 25.5 Å². The van der Waals surface area contributed by atoms with E-state index in [-0.39, 0.29) is 11.8 Å². The number of carbonyl (C=O) groups excluding carboxylic acids is 2. The number of benzene rings is 1. The van der Waals surface area contributed by atoms with E-state index >= 15 is 0 Å². The van der Waals surface area contributed by atoms with Crippen molar-refractivity contribution in [1.82, 2.24) is 15.6 Å². The van der Waals surface area contributed by atoms with Crippen LogP contribution in [0.15, 0.2) is 30.5 Å². The van der Waals surface area contributed by atoms with E-state index in [1.165, 1.54) is 6.92 Å². The molecule has 0 bridgehead atoms. The predicted octanol–water partition coefficient (Wildman–Crippen LogP) is 1.37. The van der Waals surface area contributed by atoms with Crippen molar-refractivity contribution >= 4 is 22.7 Å². The van der Waals surface area contributed by atoms with Crippen LogP contribution in [0.3, 0.4) is 0 Å². The van der Waals surface area contributed by atoms with Crippen molar-refractivity contribution in [2.24, 2.45) is 5.92 Å². The van der Waals surface area contributed by atoms with Crippen molar-refractivity contribution in [3.05, 3.63) is 36.0 Å². The molecule has 0 aliphatic carbocycles. The number of ether oxygens (including phenoxy) is 1. The molecule has 0 radical (unpaired) electrons. The standard InChI is InChI=1S/C18H23N3O3/c1-12(22)21-17(18(23)20-9-13-6-7-24-11-13)8-14-10-19-16-5-3-2-4-15(14)16/h2-5,10,13,17,19H,6-9,11H2,1H3,(H,20,23)(H,21,22)/t13-,17-/m1/s1. The highest BCUT2D eigenvalue weighted by atomic mass is 16.5. The predicted molar refractivity (Wildman–Crippen MR) is 91.5 cm³/mol. The number of H-pyrrole nitrogens is 1. The molecule has 1 aromatic heterocycles. The Balaban J connectivity index is 1.68. The number of carbonyl (C=O) groups is 2. The monoisotopic (exact) mass is 329 g/mol. The second-order valence-electron chi connectivity index (χ2n) is 6.29. The van der Waals surface area contributed by atoms with Gasteiger partial charge in [0, 0.05) is 49.5 Å². The van der Waals surface area contributed by atoms with Gasteiger partial charge in [-0.2, -0.15) is 0 Å². The quantitative estimate of drug-likeness (QED) is 0.748. The zero-order valence-electron chi connectivity index (χ0n) is 13.8. The van der Waals surface area contributed by atoms with E-state index in [1.54, 1.807) is 0 Å². The van der Waals surface area contributed by atoms with Crippen LogP contribution in [0.25, 0.3) is 10.9 Å². The van der Waals surface area contributed by atoms with Crippen LogP contribution >= 0.6 is 0 Å². The molecule has 1 aliphatic rings. The number of hydrogen-bond acceptors (Lipinski definition) is 3. The maximum absolute atomic E-state index is 12.5. The van der Waals surface area contributed by atoms with Crippen LogP contribution in [0.4, 0.5) is 0 Å². The van der Waals surface area contributed by atoms with Gasteiger partial charge in [0.15, 0.2) is 0 Å². The molecule has 0 saturated carbocycles. The summed E-state index contributed by atoms with van der Waals surface area (Å²) in [5.41, 5.74) is 2.04. The number of nitrogens with one attached hydrogen (secondary N) is 3. The fourth-order valence-corrected chi connectivity index (χ4v) is 3.09. The molecule has 0 spiro atoms. The van der Waals surface area contributed by atoms with Crippen LogP contribution in [-0.2, 0) is 20.7 Å². The Labute approximate surface area is 141 Å². The molecule has 24 heavy (non-hydrogen) atoms. The number of rotatable bonds is 6. The second kappa shape index (κ2) is 7.49. The van der Waals surface area contributed by atoms with E-state index in [1.807, 2.05) is 30.5 Å². The minimum atomic E-state index is -0.580. The summed E-state index contributed by atoms with van der Waals surface area (Å²) in [5, 5.41) is 6.78. The molecule has 1 aromatic carbocycles. The Morgan fingerprint density at radius 1 is 1.38 bits per heavy atom. The molecule has 2 heterocycles. The molecule has 6 heteroatoms. The zero-order chi connectivity index (χ0) is 16.9. The van der Waals surface area contributed by atoms with Gasteiger partial charge < -0.3 is 20.4 Å². The van der Waals surface area contributed by atoms with Crippen molar-refractivity contribution in [1.29, 1.82) is 0 Å². The van der Waals surface area contributed by atoms with Gasteiger partial charge in [0.25, 0.3) is 0 Å². The van der Waals surface area contributed by atoms with Crippen LogP contribution in [0.2, 0.25) is 0 Å². The van der Waals surface area contributed by atoms with Crippen molar-refractivity contribution < 1.29 is 14.3 Å². The molecule has 2 atom stereocenters. The zero-order valence-corrected chi connectivity index (χ0v) is 13.8. The SMILES string of the molecule is CC(=O)N[C@H](Cc1c[nH]c2ccccc12)C(=O)NC[C@H]1CCOC1. The highest BCUT2D eigenvalue weighted by Crippen LogP contribution is 2.19. The third kappa shape index (κ3) is 3.94. The number of hydrogen-bond donors (Lipinski definition) is 3. The third-order valence-corrected chi connectivity index (χ3v) is 4.38. The van der Waals surface area contributed by atoms with E-state index < -0.39 is 6.04 Å². The van der Waals surface area contributed by atoms with Crippen LogP contribution < -0.4 is 10.6 Å². The molecule has 1 saturated heterocycles. The first kappa shape index (κ1) is 16.5. The lowest BCUT2D eigenvalue weighted by Gasteiger charge is -2.18. The smallest absolute Gasteiger partial charge is 0.242 e. The Hall–Kier alpha value is -2.34. The first-order chi connectivity index (χ1) is 11.6. The van der Waals surface area contributed by atoms with E-state index in [4.69, 9.17) is 4.74 Å². The highest BCUT2D eigenvalue weighted by molar-refractivity contribution is 5.89. The maximum Gasteiger partial charge on any atom is 0.242 e. The largest absolute Gasteiger partial charge is 0.381 e. The summed E-state index contributed by atoms with van der Waals surface area (Å²) in [6, 6.07) is 7.35. The molecule has 3 rings (SSSR count). The van der Waals surface area contributed by atoms with E-state index in [2.05, 4.69) is 15.6 Å². The summed E-state index contributed by atoms with van der Waals surface area (Å²) in [4.78, 5) is 27.2. The first-order valence-electron chi connectivity index (χ1n) is 8.31. The molecule has 128 valence electrons. The Morgan fingerprint density at radius 2 is 2.21 bits per heavy atom. The van der Waals surface area contributed by atoms with Gasteiger partial charge in [0.1, 0.15) is 6.04 Å². The second-order valence-corrected chi connectivity index (χ2v) is 6.29. The molecule has 6 nitrogen and oxygen atoms in total. The Morgan fingerprint density at radius 3 is 2.96 bits per heavy atom. The fourth-order valence-electron chi connectivity index (χ4n) is 3.09. The van der Waals surface area contributed by atoms with Gasteiger partial charge in [-0.05, 0) is 18.1 Å². The molecule has 1 fully saturated rings. The molecular weight excluding hydrogens is 306 g/mol. The lowest BCUT2D eigenvalue weighted by Crippen LogP contribution is -2.48. The molecule has 2 amide bonds. The summed E-state index contributed by atoms with van der Waals surface area (Å²) < 4.78 is 5.32. The van der Waals surface area contributed by atoms with Gasteiger partial charge in [-0.1, -0.05) is 18.2 Å². The summed E-state index contributed by atoms with van der Waals surface area (Å²) in [6.07, 6.45) is 3.32. The summed E-state index contributed by atoms with van der Waals surface area (Å²) in [5.74, 6) is 0.00147. The van der Waals surface area contributed by atoms with Gasteiger partial charge in [-0.15, -0.1) is 0 Å². The average molecular weight is 329 g/mol. The van der Waals surface area contributed by atoms with Gasteiger partial charge >= 0.3 is 0 Å². The summed E-state index contributed by atoms with van der Waals surface area (Å²) in [6.45, 7) is 3.46. The van der Waals surface area contributed by atoms with Crippen molar-refractivity contribution in [2.45, 2.75) is 25.8 Å². The van der Waals surface area contributed by atoms with Crippen molar-refractivity contribution in [2.75, 3.05) is 19.8 Å². The molecular formula is C18H23N3O3. The van der Waals surface area contributed by atoms with Gasteiger partial charge in [0.05, 0.1) is 6.61 Å². The number of amides is 2. The first-order valence-corrected chi connectivity index (χ1v) is 8.31. The molecule has 1 aliphatic heterocycles. The summed E-state index contributed by atoms with van der Waals surface area (Å²) >= 11 is 0. The van der Waals surface area contributed by atoms with Crippen LogP contribution in [0.5, 0.6) is 0 Å². The average Bonchev–Trinajstić information content (AvgIpc) is 3.22. The van der Waals surface area contributed by atoms with Crippen LogP contribution in [0, 0.1) is 5.92 Å². The normalized spacial score (nSPS) is 18.5. The molecule has 0 unspecified atom stereocenters. The van der Waals surface area contributed by atoms with E-state index in [0.717, 1.165) is 29.5 Å². The molecule has 2 aromatic rings. The highest BCUT2D eigenvalue weighted by Gasteiger charge is 2.23. The lowest BCUT2D eigenvalue weighted by atomic mass is 10.0. The Bertz CT molecular complexity index is 719. The third-order valence-electron chi connectivity index (χ3n) is 4.38. The van der Waals surface area contributed by atoms with Gasteiger partial charge in [-0.25, -0.2) is 0 Å². The summed E-state index contributed by atoms with van der Waals surface area (Å²) in [7, 11) is 0. The Kier molecular flexibility index (Phi) is 5.15. The van der Waals surface area contributed by atoms with Crippen molar-refractivity contribution in [3.8, 4) is 0 Å². The maximum atomic E-state index is 12.5. The lowest BCUT2D eigenvalue weighted by molar-refractivity contribution is -0.128. The number of aromatic nitrogens is 1. The minimum Gasteiger partial charge on any atom is -0.381 e. The fraction of sp³-hybridized carbons (Fsp3) is 0.444. The van der Waals surface area contributed by atoms with Crippen LogP contribution in [0.1, 0.15) is 18.9 Å². The van der Waals surface area contributed by atoms with Crippen LogP contribution in [-0.4, -0.2) is 42.6 Å². The van der Waals surface area contributed by atoms with Gasteiger partial charge in [0.2, 0.25) is 11.8 Å². The molecule has 3 N–H and O–H groups in total. The van der Waals surface area contributed by atoms with E-state index in [9.17, 15) is 9.59 Å². The van der Waals surface area contributed by atoms with Crippen molar-refractivity contribution in [3.63, 3.8) is 0 Å².